The molecular formula is C16H13ClO5S2. The Labute approximate surface area is 151 Å². The van der Waals surface area contributed by atoms with Gasteiger partial charge in [0.1, 0.15) is 0 Å². The van der Waals surface area contributed by atoms with Crippen molar-refractivity contribution in [3.8, 4) is 11.5 Å². The predicted octanol–water partition coefficient (Wildman–Crippen LogP) is 4.26. The van der Waals surface area contributed by atoms with Crippen molar-refractivity contribution in [2.24, 2.45) is 0 Å². The normalized spacial score (nSPS) is 13.7. The first-order valence-corrected chi connectivity index (χ1v) is 9.34. The van der Waals surface area contributed by atoms with Crippen LogP contribution in [-0.4, -0.2) is 29.4 Å². The molecule has 0 saturated heterocycles. The van der Waals surface area contributed by atoms with Crippen LogP contribution in [0.5, 0.6) is 11.5 Å². The molecule has 5 nitrogen and oxygen atoms in total. The zero-order valence-corrected chi connectivity index (χ0v) is 14.7. The largest absolute Gasteiger partial charge is 0.481 e. The number of carbonyl (C=O) groups is 2. The second kappa shape index (κ2) is 7.46. The van der Waals surface area contributed by atoms with Crippen molar-refractivity contribution in [2.75, 3.05) is 12.5 Å². The van der Waals surface area contributed by atoms with Gasteiger partial charge in [-0.25, -0.2) is 0 Å². The average molecular weight is 385 g/mol. The molecule has 0 spiro atoms. The number of thioether (sulfide) groups is 1. The van der Waals surface area contributed by atoms with E-state index in [0.29, 0.717) is 21.4 Å². The van der Waals surface area contributed by atoms with E-state index in [4.69, 9.17) is 26.2 Å². The van der Waals surface area contributed by atoms with Crippen LogP contribution in [0.15, 0.2) is 29.6 Å². The van der Waals surface area contributed by atoms with Gasteiger partial charge in [-0.1, -0.05) is 17.7 Å². The van der Waals surface area contributed by atoms with E-state index in [1.54, 1.807) is 18.2 Å². The van der Waals surface area contributed by atoms with Gasteiger partial charge in [0.05, 0.1) is 15.7 Å². The fourth-order valence-corrected chi connectivity index (χ4v) is 4.22. The number of fused-ring (bicyclic) bond motifs is 1. The molecular weight excluding hydrogens is 372 g/mol. The summed E-state index contributed by atoms with van der Waals surface area (Å²) in [7, 11) is 0. The number of Topliss-reactive ketones (excluding diaryl/α,β-unsaturated/α-hetero) is 1. The number of rotatable bonds is 7. The van der Waals surface area contributed by atoms with E-state index in [2.05, 4.69) is 0 Å². The Balaban J connectivity index is 1.85. The summed E-state index contributed by atoms with van der Waals surface area (Å²) in [4.78, 5) is 24.0. The predicted molar refractivity (Wildman–Crippen MR) is 93.7 cm³/mol. The maximum Gasteiger partial charge on any atom is 0.313 e. The highest BCUT2D eigenvalue weighted by molar-refractivity contribution is 8.00. The lowest BCUT2D eigenvalue weighted by Crippen LogP contribution is -2.08. The van der Waals surface area contributed by atoms with Gasteiger partial charge in [-0.2, -0.15) is 0 Å². The first kappa shape index (κ1) is 17.1. The molecule has 0 radical (unpaired) electrons. The molecule has 8 heteroatoms. The maximum atomic E-state index is 12.4. The molecule has 2 heterocycles. The van der Waals surface area contributed by atoms with Crippen LogP contribution in [0.4, 0.5) is 0 Å². The maximum absolute atomic E-state index is 12.4. The SMILES string of the molecule is O=C(O)CSC(CC(=O)c1cccs1)c1cc(Cl)c2c(c1)OCO2. The van der Waals surface area contributed by atoms with Gasteiger partial charge in [0.15, 0.2) is 17.3 Å². The Bertz CT molecular complexity index is 760. The highest BCUT2D eigenvalue weighted by atomic mass is 35.5. The number of aliphatic carboxylic acids is 1. The number of halogens is 1. The molecule has 126 valence electrons. The second-order valence-corrected chi connectivity index (χ2v) is 7.58. The van der Waals surface area contributed by atoms with E-state index in [1.807, 2.05) is 11.4 Å². The van der Waals surface area contributed by atoms with Crippen LogP contribution in [0.2, 0.25) is 5.02 Å². The number of ether oxygens (including phenoxy) is 2. The molecule has 1 atom stereocenters. The van der Waals surface area contributed by atoms with Crippen molar-refractivity contribution in [1.29, 1.82) is 0 Å². The third-order valence-corrected chi connectivity index (χ3v) is 5.84. The van der Waals surface area contributed by atoms with Crippen LogP contribution in [0.1, 0.15) is 26.9 Å². The van der Waals surface area contributed by atoms with Crippen molar-refractivity contribution in [3.05, 3.63) is 45.1 Å². The molecule has 1 N–H and O–H groups in total. The first-order valence-electron chi connectivity index (χ1n) is 7.03. The Hall–Kier alpha value is -1.70. The molecule has 2 aromatic rings. The lowest BCUT2D eigenvalue weighted by molar-refractivity contribution is -0.133. The van der Waals surface area contributed by atoms with Gasteiger partial charge in [0.25, 0.3) is 0 Å². The van der Waals surface area contributed by atoms with E-state index in [-0.39, 0.29) is 30.0 Å². The number of ketones is 1. The van der Waals surface area contributed by atoms with Gasteiger partial charge in [0.2, 0.25) is 6.79 Å². The van der Waals surface area contributed by atoms with E-state index in [0.717, 1.165) is 5.56 Å². The van der Waals surface area contributed by atoms with Gasteiger partial charge < -0.3 is 14.6 Å². The molecule has 3 rings (SSSR count). The summed E-state index contributed by atoms with van der Waals surface area (Å²) in [5, 5.41) is 10.9. The minimum Gasteiger partial charge on any atom is -0.481 e. The summed E-state index contributed by atoms with van der Waals surface area (Å²) < 4.78 is 10.6. The lowest BCUT2D eigenvalue weighted by atomic mass is 10.1. The quantitative estimate of drug-likeness (QED) is 0.719. The highest BCUT2D eigenvalue weighted by Gasteiger charge is 2.24. The van der Waals surface area contributed by atoms with Crippen molar-refractivity contribution in [1.82, 2.24) is 0 Å². The van der Waals surface area contributed by atoms with Gasteiger partial charge in [-0.3, -0.25) is 9.59 Å². The number of thiophene rings is 1. The number of carboxylic acids is 1. The Morgan fingerprint density at radius 2 is 2.21 bits per heavy atom. The topological polar surface area (TPSA) is 72.8 Å². The van der Waals surface area contributed by atoms with Gasteiger partial charge >= 0.3 is 5.97 Å². The number of carbonyl (C=O) groups excluding carboxylic acids is 1. The smallest absolute Gasteiger partial charge is 0.313 e. The third-order valence-electron chi connectivity index (χ3n) is 3.40. The zero-order chi connectivity index (χ0) is 17.1. The Kier molecular flexibility index (Phi) is 5.33. The monoisotopic (exact) mass is 384 g/mol. The number of carboxylic acid groups (broad SMARTS) is 1. The molecule has 0 aliphatic carbocycles. The summed E-state index contributed by atoms with van der Waals surface area (Å²) in [6.07, 6.45) is 0.189. The minimum atomic E-state index is -0.930. The van der Waals surface area contributed by atoms with Crippen molar-refractivity contribution in [3.63, 3.8) is 0 Å². The van der Waals surface area contributed by atoms with Gasteiger partial charge in [-0.15, -0.1) is 23.1 Å². The number of hydrogen-bond acceptors (Lipinski definition) is 6. The van der Waals surface area contributed by atoms with Gasteiger partial charge in [-0.05, 0) is 29.1 Å². The number of benzene rings is 1. The van der Waals surface area contributed by atoms with Crippen LogP contribution >= 0.6 is 34.7 Å². The zero-order valence-electron chi connectivity index (χ0n) is 12.4. The lowest BCUT2D eigenvalue weighted by Gasteiger charge is -2.16. The standard InChI is InChI=1S/C16H13ClO5S2/c17-10-4-9(5-12-16(10)22-8-21-12)14(24-7-15(19)20)6-11(18)13-2-1-3-23-13/h1-5,14H,6-8H2,(H,19,20). The van der Waals surface area contributed by atoms with E-state index in [1.165, 1.54) is 23.1 Å². The molecule has 0 bridgehead atoms. The van der Waals surface area contributed by atoms with Crippen molar-refractivity contribution < 1.29 is 24.2 Å². The second-order valence-electron chi connectivity index (χ2n) is 5.03. The summed E-state index contributed by atoms with van der Waals surface area (Å²) in [5.41, 5.74) is 0.750. The molecule has 1 aromatic heterocycles. The molecule has 0 amide bonds. The van der Waals surface area contributed by atoms with Crippen LogP contribution in [0.3, 0.4) is 0 Å². The van der Waals surface area contributed by atoms with Crippen molar-refractivity contribution >= 4 is 46.5 Å². The molecule has 1 aromatic carbocycles. The fraction of sp³-hybridized carbons (Fsp3) is 0.250. The molecule has 1 aliphatic rings. The van der Waals surface area contributed by atoms with E-state index < -0.39 is 5.97 Å². The third kappa shape index (κ3) is 3.85. The van der Waals surface area contributed by atoms with Crippen LogP contribution < -0.4 is 9.47 Å². The number of hydrogen-bond donors (Lipinski definition) is 1. The summed E-state index contributed by atoms with van der Waals surface area (Å²) in [5.74, 6) is -0.0647. The summed E-state index contributed by atoms with van der Waals surface area (Å²) in [6.45, 7) is 0.0968. The highest BCUT2D eigenvalue weighted by Crippen LogP contribution is 2.44. The molecule has 1 aliphatic heterocycles. The molecule has 0 saturated carbocycles. The minimum absolute atomic E-state index is 0.0262. The van der Waals surface area contributed by atoms with Gasteiger partial charge in [0, 0.05) is 11.7 Å². The molecule has 24 heavy (non-hydrogen) atoms. The van der Waals surface area contributed by atoms with E-state index >= 15 is 0 Å². The van der Waals surface area contributed by atoms with Crippen molar-refractivity contribution in [2.45, 2.75) is 11.7 Å². The molecule has 0 fully saturated rings. The van der Waals surface area contributed by atoms with Crippen LogP contribution in [0.25, 0.3) is 0 Å². The van der Waals surface area contributed by atoms with Crippen LogP contribution in [0, 0.1) is 0 Å². The summed E-state index contributed by atoms with van der Waals surface area (Å²) in [6, 6.07) is 7.04. The summed E-state index contributed by atoms with van der Waals surface area (Å²) >= 11 is 8.77. The van der Waals surface area contributed by atoms with Crippen LogP contribution in [-0.2, 0) is 4.79 Å². The Morgan fingerprint density at radius 3 is 2.92 bits per heavy atom. The van der Waals surface area contributed by atoms with E-state index in [9.17, 15) is 9.59 Å². The first-order chi connectivity index (χ1) is 11.5. The molecule has 1 unspecified atom stereocenters. The fourth-order valence-electron chi connectivity index (χ4n) is 2.32. The Morgan fingerprint density at radius 1 is 1.38 bits per heavy atom. The average Bonchev–Trinajstić information content (AvgIpc) is 3.21.